The Morgan fingerprint density at radius 3 is 2.82 bits per heavy atom. The molecule has 0 saturated heterocycles. The summed E-state index contributed by atoms with van der Waals surface area (Å²) in [7, 11) is 0. The second-order valence-electron chi connectivity index (χ2n) is 3.55. The number of pyridine rings is 1. The van der Waals surface area contributed by atoms with Crippen molar-refractivity contribution in [1.29, 1.82) is 0 Å². The molecule has 17 heavy (non-hydrogen) atoms. The number of nitrogens with zero attached hydrogens (tertiary/aromatic N) is 1. The highest BCUT2D eigenvalue weighted by atomic mass is 16.5. The highest BCUT2D eigenvalue weighted by molar-refractivity contribution is 5.82. The highest BCUT2D eigenvalue weighted by Gasteiger charge is 2.05. The van der Waals surface area contributed by atoms with E-state index in [1.807, 2.05) is 37.3 Å². The van der Waals surface area contributed by atoms with Gasteiger partial charge in [0.05, 0.1) is 12.2 Å². The summed E-state index contributed by atoms with van der Waals surface area (Å²) in [6.45, 7) is 2.44. The Hall–Kier alpha value is -2.16. The lowest BCUT2D eigenvalue weighted by atomic mass is 10.0. The van der Waals surface area contributed by atoms with Crippen LogP contribution < -0.4 is 4.74 Å². The average Bonchev–Trinajstić information content (AvgIpc) is 2.40. The van der Waals surface area contributed by atoms with Crippen LogP contribution in [0, 0.1) is 0 Å². The third-order valence-corrected chi connectivity index (χ3v) is 2.43. The predicted octanol–water partition coefficient (Wildman–Crippen LogP) is 2.96. The van der Waals surface area contributed by atoms with E-state index in [4.69, 9.17) is 4.74 Å². The Balaban J connectivity index is 2.41. The zero-order chi connectivity index (χ0) is 12.1. The van der Waals surface area contributed by atoms with Crippen molar-refractivity contribution in [2.45, 2.75) is 6.92 Å². The van der Waals surface area contributed by atoms with Gasteiger partial charge in [-0.1, -0.05) is 12.1 Å². The minimum absolute atomic E-state index is 0.549. The van der Waals surface area contributed by atoms with Gasteiger partial charge in [-0.15, -0.1) is 0 Å². The van der Waals surface area contributed by atoms with Crippen LogP contribution >= 0.6 is 0 Å². The zero-order valence-electron chi connectivity index (χ0n) is 9.59. The number of carbonyl (C=O) groups is 1. The first kappa shape index (κ1) is 11.3. The smallest absolute Gasteiger partial charge is 0.153 e. The fraction of sp³-hybridized carbons (Fsp3) is 0.143. The molecule has 2 aromatic rings. The first-order chi connectivity index (χ1) is 8.35. The SMILES string of the molecule is CCOc1ccc(-c2cccnc2)cc1C=O. The number of aromatic nitrogens is 1. The summed E-state index contributed by atoms with van der Waals surface area (Å²) in [6.07, 6.45) is 4.30. The largest absolute Gasteiger partial charge is 0.493 e. The summed E-state index contributed by atoms with van der Waals surface area (Å²) in [5, 5.41) is 0. The van der Waals surface area contributed by atoms with Crippen LogP contribution in [0.5, 0.6) is 5.75 Å². The van der Waals surface area contributed by atoms with Crippen molar-refractivity contribution in [3.8, 4) is 16.9 Å². The van der Waals surface area contributed by atoms with E-state index < -0.39 is 0 Å². The van der Waals surface area contributed by atoms with Gasteiger partial charge in [0.15, 0.2) is 6.29 Å². The molecule has 0 aliphatic rings. The Morgan fingerprint density at radius 1 is 1.29 bits per heavy atom. The normalized spacial score (nSPS) is 9.94. The lowest BCUT2D eigenvalue weighted by Gasteiger charge is -2.08. The number of hydrogen-bond acceptors (Lipinski definition) is 3. The minimum atomic E-state index is 0.549. The van der Waals surface area contributed by atoms with Gasteiger partial charge >= 0.3 is 0 Å². The fourth-order valence-corrected chi connectivity index (χ4v) is 1.64. The van der Waals surface area contributed by atoms with Crippen LogP contribution in [-0.2, 0) is 0 Å². The van der Waals surface area contributed by atoms with Crippen molar-refractivity contribution in [2.75, 3.05) is 6.61 Å². The molecule has 0 saturated carbocycles. The van der Waals surface area contributed by atoms with Gasteiger partial charge in [0.2, 0.25) is 0 Å². The van der Waals surface area contributed by atoms with Gasteiger partial charge < -0.3 is 4.74 Å². The van der Waals surface area contributed by atoms with Crippen molar-refractivity contribution in [3.63, 3.8) is 0 Å². The molecule has 0 aliphatic heterocycles. The zero-order valence-corrected chi connectivity index (χ0v) is 9.59. The van der Waals surface area contributed by atoms with Gasteiger partial charge in [-0.05, 0) is 30.7 Å². The second-order valence-corrected chi connectivity index (χ2v) is 3.55. The lowest BCUT2D eigenvalue weighted by Crippen LogP contribution is -1.96. The van der Waals surface area contributed by atoms with Gasteiger partial charge in [-0.25, -0.2) is 0 Å². The number of carbonyl (C=O) groups excluding carboxylic acids is 1. The molecule has 3 heteroatoms. The van der Waals surface area contributed by atoms with Crippen LogP contribution in [0.2, 0.25) is 0 Å². The molecular weight excluding hydrogens is 214 g/mol. The summed E-state index contributed by atoms with van der Waals surface area (Å²) in [5.41, 5.74) is 2.51. The van der Waals surface area contributed by atoms with E-state index in [9.17, 15) is 4.79 Å². The maximum atomic E-state index is 11.0. The number of ether oxygens (including phenoxy) is 1. The number of aldehydes is 1. The molecule has 2 rings (SSSR count). The first-order valence-electron chi connectivity index (χ1n) is 5.47. The molecule has 0 amide bonds. The van der Waals surface area contributed by atoms with E-state index in [2.05, 4.69) is 4.98 Å². The van der Waals surface area contributed by atoms with Crippen molar-refractivity contribution in [1.82, 2.24) is 4.98 Å². The quantitative estimate of drug-likeness (QED) is 0.754. The maximum Gasteiger partial charge on any atom is 0.153 e. The van der Waals surface area contributed by atoms with Crippen molar-refractivity contribution >= 4 is 6.29 Å². The summed E-state index contributed by atoms with van der Waals surface area (Å²) in [6, 6.07) is 9.38. The predicted molar refractivity (Wildman–Crippen MR) is 66.2 cm³/mol. The molecule has 0 atom stereocenters. The average molecular weight is 227 g/mol. The Kier molecular flexibility index (Phi) is 3.50. The maximum absolute atomic E-state index is 11.0. The first-order valence-corrected chi connectivity index (χ1v) is 5.47. The van der Waals surface area contributed by atoms with Crippen LogP contribution in [0.3, 0.4) is 0 Å². The van der Waals surface area contributed by atoms with E-state index in [0.717, 1.165) is 17.4 Å². The van der Waals surface area contributed by atoms with Crippen molar-refractivity contribution in [2.24, 2.45) is 0 Å². The highest BCUT2D eigenvalue weighted by Crippen LogP contribution is 2.25. The van der Waals surface area contributed by atoms with Crippen LogP contribution in [-0.4, -0.2) is 17.9 Å². The van der Waals surface area contributed by atoms with Crippen LogP contribution in [0.4, 0.5) is 0 Å². The topological polar surface area (TPSA) is 39.2 Å². The van der Waals surface area contributed by atoms with E-state index in [-0.39, 0.29) is 0 Å². The van der Waals surface area contributed by atoms with Crippen molar-refractivity contribution < 1.29 is 9.53 Å². The van der Waals surface area contributed by atoms with Crippen LogP contribution in [0.1, 0.15) is 17.3 Å². The van der Waals surface area contributed by atoms with E-state index >= 15 is 0 Å². The minimum Gasteiger partial charge on any atom is -0.493 e. The number of benzene rings is 1. The van der Waals surface area contributed by atoms with E-state index in [1.54, 1.807) is 12.4 Å². The molecule has 0 spiro atoms. The van der Waals surface area contributed by atoms with E-state index in [0.29, 0.717) is 17.9 Å². The Labute approximate surface area is 100 Å². The molecule has 3 nitrogen and oxygen atoms in total. The summed E-state index contributed by atoms with van der Waals surface area (Å²) >= 11 is 0. The van der Waals surface area contributed by atoms with Crippen LogP contribution in [0.15, 0.2) is 42.7 Å². The van der Waals surface area contributed by atoms with Gasteiger partial charge in [0, 0.05) is 18.0 Å². The van der Waals surface area contributed by atoms with Crippen LogP contribution in [0.25, 0.3) is 11.1 Å². The molecular formula is C14H13NO2. The molecule has 86 valence electrons. The molecule has 1 aromatic heterocycles. The third kappa shape index (κ3) is 2.50. The summed E-state index contributed by atoms with van der Waals surface area (Å²) < 4.78 is 5.37. The number of rotatable bonds is 4. The van der Waals surface area contributed by atoms with Gasteiger partial charge in [-0.3, -0.25) is 9.78 Å². The summed E-state index contributed by atoms with van der Waals surface area (Å²) in [5.74, 6) is 0.621. The molecule has 0 aliphatic carbocycles. The van der Waals surface area contributed by atoms with Gasteiger partial charge in [0.1, 0.15) is 5.75 Å². The molecule has 0 unspecified atom stereocenters. The molecule has 0 fully saturated rings. The third-order valence-electron chi connectivity index (χ3n) is 2.43. The molecule has 0 radical (unpaired) electrons. The molecule has 0 bridgehead atoms. The molecule has 1 aromatic carbocycles. The van der Waals surface area contributed by atoms with Crippen molar-refractivity contribution in [3.05, 3.63) is 48.3 Å². The van der Waals surface area contributed by atoms with Gasteiger partial charge in [-0.2, -0.15) is 0 Å². The molecule has 0 N–H and O–H groups in total. The Bertz CT molecular complexity index is 509. The summed E-state index contributed by atoms with van der Waals surface area (Å²) in [4.78, 5) is 15.0. The fourth-order valence-electron chi connectivity index (χ4n) is 1.64. The number of hydrogen-bond donors (Lipinski definition) is 0. The standard InChI is InChI=1S/C14H13NO2/c1-2-17-14-6-5-11(8-13(14)10-16)12-4-3-7-15-9-12/h3-10H,2H2,1H3. The monoisotopic (exact) mass is 227 g/mol. The van der Waals surface area contributed by atoms with E-state index in [1.165, 1.54) is 0 Å². The second kappa shape index (κ2) is 5.25. The Morgan fingerprint density at radius 2 is 2.18 bits per heavy atom. The lowest BCUT2D eigenvalue weighted by molar-refractivity contribution is 0.112. The molecule has 1 heterocycles. The van der Waals surface area contributed by atoms with Gasteiger partial charge in [0.25, 0.3) is 0 Å².